The molecule has 1 N–H and O–H groups in total. The van der Waals surface area contributed by atoms with Crippen molar-refractivity contribution in [2.24, 2.45) is 0 Å². The molecule has 1 aliphatic carbocycles. The van der Waals surface area contributed by atoms with Gasteiger partial charge in [0, 0.05) is 30.0 Å². The highest BCUT2D eigenvalue weighted by Crippen LogP contribution is 2.42. The first kappa shape index (κ1) is 20.1. The second-order valence-corrected chi connectivity index (χ2v) is 8.84. The maximum atomic E-state index is 13.1. The van der Waals surface area contributed by atoms with E-state index in [9.17, 15) is 4.79 Å². The zero-order valence-electron chi connectivity index (χ0n) is 17.5. The van der Waals surface area contributed by atoms with E-state index in [1.165, 1.54) is 18.4 Å². The Labute approximate surface area is 183 Å². The summed E-state index contributed by atoms with van der Waals surface area (Å²) in [4.78, 5) is 17.5. The van der Waals surface area contributed by atoms with E-state index >= 15 is 0 Å². The van der Waals surface area contributed by atoms with E-state index in [1.54, 1.807) is 6.20 Å². The van der Waals surface area contributed by atoms with Crippen LogP contribution in [0, 0.1) is 6.92 Å². The number of amides is 1. The Hall–Kier alpha value is -2.85. The predicted octanol–water partition coefficient (Wildman–Crippen LogP) is 3.94. The van der Waals surface area contributed by atoms with Crippen LogP contribution in [-0.2, 0) is 4.74 Å². The number of anilines is 1. The number of methoxy groups -OCH3 is 1. The molecular weight excluding hydrogens is 416 g/mol. The van der Waals surface area contributed by atoms with Gasteiger partial charge in [0.1, 0.15) is 0 Å². The minimum atomic E-state index is -0.299. The third-order valence-electron chi connectivity index (χ3n) is 5.54. The normalized spacial score (nSPS) is 18.7. The van der Waals surface area contributed by atoms with E-state index in [0.29, 0.717) is 21.8 Å². The molecule has 4 heterocycles. The Kier molecular flexibility index (Phi) is 5.41. The zero-order valence-corrected chi connectivity index (χ0v) is 18.3. The Morgan fingerprint density at radius 1 is 1.26 bits per heavy atom. The van der Waals surface area contributed by atoms with Crippen LogP contribution in [0.2, 0.25) is 0 Å². The lowest BCUT2D eigenvalue weighted by Crippen LogP contribution is -2.21. The first-order valence-electron chi connectivity index (χ1n) is 10.5. The topological polar surface area (TPSA) is 104 Å². The first-order chi connectivity index (χ1) is 15.1. The Balaban J connectivity index is 1.53. The third kappa shape index (κ3) is 4.17. The molecule has 5 rings (SSSR count). The molecule has 10 heteroatoms. The average molecular weight is 441 g/mol. The minimum absolute atomic E-state index is 0.118. The molecule has 3 aromatic rings. The fraction of sp³-hybridized carbons (Fsp3) is 0.476. The van der Waals surface area contributed by atoms with Gasteiger partial charge in [0.2, 0.25) is 5.13 Å². The molecule has 1 saturated carbocycles. The van der Waals surface area contributed by atoms with Crippen molar-refractivity contribution >= 4 is 22.4 Å². The number of carbonyl (C=O) groups excluding carboxylic acids is 1. The quantitative estimate of drug-likeness (QED) is 0.619. The average Bonchev–Trinajstić information content (AvgIpc) is 3.38. The van der Waals surface area contributed by atoms with E-state index in [-0.39, 0.29) is 12.1 Å². The lowest BCUT2D eigenvalue weighted by Gasteiger charge is -2.25. The maximum absolute atomic E-state index is 13.1. The molecule has 1 aliphatic heterocycles. The van der Waals surface area contributed by atoms with Crippen molar-refractivity contribution in [3.63, 3.8) is 0 Å². The molecule has 2 aliphatic rings. The van der Waals surface area contributed by atoms with Gasteiger partial charge in [-0.1, -0.05) is 5.10 Å². The third-order valence-corrected chi connectivity index (χ3v) is 6.34. The molecule has 1 unspecified atom stereocenters. The maximum Gasteiger partial charge on any atom is 0.295 e. The molecule has 0 bridgehead atoms. The fourth-order valence-corrected chi connectivity index (χ4v) is 4.34. The van der Waals surface area contributed by atoms with E-state index in [2.05, 4.69) is 26.6 Å². The number of nitrogens with zero attached hydrogens (tertiary/aromatic N) is 5. The summed E-state index contributed by atoms with van der Waals surface area (Å²) in [5, 5.41) is 16.3. The summed E-state index contributed by atoms with van der Waals surface area (Å²) >= 11 is 1.17. The van der Waals surface area contributed by atoms with E-state index in [0.717, 1.165) is 61.4 Å². The summed E-state index contributed by atoms with van der Waals surface area (Å²) in [5.74, 6) is 0.198. The smallest absolute Gasteiger partial charge is 0.295 e. The highest BCUT2D eigenvalue weighted by atomic mass is 32.1. The van der Waals surface area contributed by atoms with Crippen LogP contribution in [0.1, 0.15) is 66.0 Å². The van der Waals surface area contributed by atoms with Gasteiger partial charge in [-0.15, -0.1) is 5.10 Å². The molecule has 3 aromatic heterocycles. The molecule has 0 spiro atoms. The van der Waals surface area contributed by atoms with Gasteiger partial charge in [-0.05, 0) is 62.5 Å². The summed E-state index contributed by atoms with van der Waals surface area (Å²) in [7, 11) is 1.51. The van der Waals surface area contributed by atoms with Gasteiger partial charge in [-0.3, -0.25) is 15.1 Å². The Morgan fingerprint density at radius 2 is 2.13 bits per heavy atom. The van der Waals surface area contributed by atoms with Gasteiger partial charge in [0.15, 0.2) is 6.23 Å². The predicted molar refractivity (Wildman–Crippen MR) is 115 cm³/mol. The van der Waals surface area contributed by atoms with Crippen LogP contribution in [-0.4, -0.2) is 44.6 Å². The lowest BCUT2D eigenvalue weighted by molar-refractivity contribution is -0.0385. The monoisotopic (exact) mass is 440 g/mol. The largest absolute Gasteiger partial charge is 0.472 e. The lowest BCUT2D eigenvalue weighted by atomic mass is 10.0. The summed E-state index contributed by atoms with van der Waals surface area (Å²) in [6.45, 7) is 2.64. The van der Waals surface area contributed by atoms with Crippen molar-refractivity contribution in [1.82, 2.24) is 25.0 Å². The van der Waals surface area contributed by atoms with Crippen LogP contribution in [0.15, 0.2) is 18.3 Å². The van der Waals surface area contributed by atoms with Crippen LogP contribution in [0.5, 0.6) is 5.19 Å². The van der Waals surface area contributed by atoms with Gasteiger partial charge < -0.3 is 9.47 Å². The van der Waals surface area contributed by atoms with Crippen molar-refractivity contribution in [3.8, 4) is 16.5 Å². The SMILES string of the molecule is COc1nnc(NC(=O)c2cnc(C)cc2-c2cc(C3CC3)nn2C2CCCCO2)s1. The summed E-state index contributed by atoms with van der Waals surface area (Å²) < 4.78 is 13.1. The van der Waals surface area contributed by atoms with Gasteiger partial charge in [0.25, 0.3) is 11.1 Å². The molecule has 1 atom stereocenters. The van der Waals surface area contributed by atoms with Crippen molar-refractivity contribution in [2.75, 3.05) is 19.0 Å². The number of pyridine rings is 1. The number of nitrogens with one attached hydrogen (secondary N) is 1. The molecule has 0 aromatic carbocycles. The second-order valence-electron chi connectivity index (χ2n) is 7.90. The van der Waals surface area contributed by atoms with Crippen molar-refractivity contribution < 1.29 is 14.3 Å². The molecule has 1 saturated heterocycles. The van der Waals surface area contributed by atoms with Crippen molar-refractivity contribution in [2.45, 2.75) is 51.2 Å². The number of hydrogen-bond acceptors (Lipinski definition) is 8. The fourth-order valence-electron chi connectivity index (χ4n) is 3.79. The molecule has 2 fully saturated rings. The first-order valence-corrected chi connectivity index (χ1v) is 11.3. The number of ether oxygens (including phenoxy) is 2. The van der Waals surface area contributed by atoms with E-state index in [4.69, 9.17) is 14.6 Å². The number of rotatable bonds is 6. The van der Waals surface area contributed by atoms with Crippen LogP contribution < -0.4 is 10.1 Å². The highest BCUT2D eigenvalue weighted by Gasteiger charge is 2.31. The van der Waals surface area contributed by atoms with Gasteiger partial charge in [-0.2, -0.15) is 5.10 Å². The molecule has 0 radical (unpaired) electrons. The standard InChI is InChI=1S/C21H24N6O3S/c1-12-9-14(15(11-22-12)19(28)23-20-24-25-21(29-2)31-20)17-10-16(13-6-7-13)26-27(17)18-5-3-4-8-30-18/h9-11,13,18H,3-8H2,1-2H3,(H,23,24,28). The van der Waals surface area contributed by atoms with Crippen LogP contribution in [0.4, 0.5) is 5.13 Å². The molecule has 9 nitrogen and oxygen atoms in total. The van der Waals surface area contributed by atoms with Crippen LogP contribution in [0.25, 0.3) is 11.3 Å². The number of aryl methyl sites for hydroxylation is 1. The zero-order chi connectivity index (χ0) is 21.4. The molecule has 162 valence electrons. The molecule has 31 heavy (non-hydrogen) atoms. The van der Waals surface area contributed by atoms with E-state index < -0.39 is 0 Å². The van der Waals surface area contributed by atoms with E-state index in [1.807, 2.05) is 17.7 Å². The van der Waals surface area contributed by atoms with Crippen LogP contribution in [0.3, 0.4) is 0 Å². The summed E-state index contributed by atoms with van der Waals surface area (Å²) in [6.07, 6.45) is 6.88. The summed E-state index contributed by atoms with van der Waals surface area (Å²) in [5.41, 5.74) is 4.03. The highest BCUT2D eigenvalue weighted by molar-refractivity contribution is 7.17. The van der Waals surface area contributed by atoms with Crippen LogP contribution >= 0.6 is 11.3 Å². The van der Waals surface area contributed by atoms with Crippen molar-refractivity contribution in [1.29, 1.82) is 0 Å². The van der Waals surface area contributed by atoms with Gasteiger partial charge in [-0.25, -0.2) is 4.68 Å². The van der Waals surface area contributed by atoms with Gasteiger partial charge in [0.05, 0.1) is 24.1 Å². The Morgan fingerprint density at radius 3 is 2.84 bits per heavy atom. The Bertz CT molecular complexity index is 1100. The molecule has 1 amide bonds. The second kappa shape index (κ2) is 8.35. The molecular formula is C21H24N6O3S. The van der Waals surface area contributed by atoms with Gasteiger partial charge >= 0.3 is 0 Å². The number of carbonyl (C=O) groups is 1. The van der Waals surface area contributed by atoms with Crippen molar-refractivity contribution in [3.05, 3.63) is 35.3 Å². The number of aromatic nitrogens is 5. The summed E-state index contributed by atoms with van der Waals surface area (Å²) in [6, 6.07) is 4.04. The minimum Gasteiger partial charge on any atom is -0.472 e. The number of hydrogen-bond donors (Lipinski definition) is 1.